The zero-order chi connectivity index (χ0) is 13.2. The van der Waals surface area contributed by atoms with Crippen LogP contribution in [0.2, 0.25) is 0 Å². The summed E-state index contributed by atoms with van der Waals surface area (Å²) >= 11 is 0. The summed E-state index contributed by atoms with van der Waals surface area (Å²) in [5, 5.41) is 0. The molecule has 0 bridgehead atoms. The van der Waals surface area contributed by atoms with Crippen molar-refractivity contribution in [2.24, 2.45) is 11.7 Å². The van der Waals surface area contributed by atoms with Crippen LogP contribution in [0.25, 0.3) is 0 Å². The van der Waals surface area contributed by atoms with E-state index in [0.717, 1.165) is 17.7 Å². The number of aromatic nitrogens is 1. The number of nitrogens with two attached hydrogens (primary N) is 1. The third-order valence-electron chi connectivity index (χ3n) is 4.87. The fraction of sp³-hybridized carbons (Fsp3) is 0.688. The first-order chi connectivity index (χ1) is 9.29. The Labute approximate surface area is 116 Å². The van der Waals surface area contributed by atoms with Crippen molar-refractivity contribution >= 4 is 5.69 Å². The second-order valence-electron chi connectivity index (χ2n) is 6.11. The molecule has 3 heteroatoms. The van der Waals surface area contributed by atoms with Gasteiger partial charge in [-0.25, -0.2) is 0 Å². The third-order valence-corrected chi connectivity index (χ3v) is 4.87. The number of anilines is 1. The van der Waals surface area contributed by atoms with E-state index in [1.54, 1.807) is 0 Å². The Bertz CT molecular complexity index is 438. The lowest BCUT2D eigenvalue weighted by Crippen LogP contribution is -2.35. The molecular weight excluding hydrogens is 234 g/mol. The van der Waals surface area contributed by atoms with Crippen LogP contribution >= 0.6 is 0 Å². The van der Waals surface area contributed by atoms with E-state index in [-0.39, 0.29) is 0 Å². The molecule has 1 unspecified atom stereocenters. The summed E-state index contributed by atoms with van der Waals surface area (Å²) in [6.07, 6.45) is 10.3. The maximum Gasteiger partial charge on any atom is 0.0448 e. The van der Waals surface area contributed by atoms with Crippen LogP contribution in [0.3, 0.4) is 0 Å². The molecule has 3 rings (SSSR count). The predicted molar refractivity (Wildman–Crippen MR) is 79.2 cm³/mol. The van der Waals surface area contributed by atoms with E-state index >= 15 is 0 Å². The minimum Gasteiger partial charge on any atom is -0.368 e. The Kier molecular flexibility index (Phi) is 3.74. The molecule has 2 heterocycles. The van der Waals surface area contributed by atoms with Gasteiger partial charge in [0.15, 0.2) is 0 Å². The Morgan fingerprint density at radius 3 is 2.79 bits per heavy atom. The van der Waals surface area contributed by atoms with E-state index in [9.17, 15) is 0 Å². The van der Waals surface area contributed by atoms with Gasteiger partial charge in [-0.05, 0) is 44.6 Å². The maximum absolute atomic E-state index is 5.90. The first kappa shape index (κ1) is 12.9. The van der Waals surface area contributed by atoms with E-state index in [1.165, 1.54) is 56.3 Å². The average molecular weight is 259 g/mol. The zero-order valence-corrected chi connectivity index (χ0v) is 11.9. The van der Waals surface area contributed by atoms with Crippen molar-refractivity contribution in [2.45, 2.75) is 58.0 Å². The molecule has 1 aromatic heterocycles. The van der Waals surface area contributed by atoms with Crippen LogP contribution in [0.4, 0.5) is 5.69 Å². The Morgan fingerprint density at radius 2 is 2.05 bits per heavy atom. The molecule has 1 atom stereocenters. The van der Waals surface area contributed by atoms with Crippen LogP contribution in [0, 0.1) is 12.8 Å². The molecule has 1 saturated carbocycles. The number of nitrogens with zero attached hydrogens (tertiary/aromatic N) is 2. The largest absolute Gasteiger partial charge is 0.368 e. The molecule has 1 saturated heterocycles. The minimum atomic E-state index is 0.594. The Balaban J connectivity index is 1.89. The number of hydrogen-bond acceptors (Lipinski definition) is 3. The molecule has 19 heavy (non-hydrogen) atoms. The fourth-order valence-corrected chi connectivity index (χ4v) is 3.92. The van der Waals surface area contributed by atoms with Gasteiger partial charge in [-0.2, -0.15) is 0 Å². The quantitative estimate of drug-likeness (QED) is 0.907. The van der Waals surface area contributed by atoms with Gasteiger partial charge >= 0.3 is 0 Å². The molecule has 0 radical (unpaired) electrons. The first-order valence-corrected chi connectivity index (χ1v) is 7.72. The Morgan fingerprint density at radius 1 is 1.26 bits per heavy atom. The van der Waals surface area contributed by atoms with Crippen molar-refractivity contribution in [1.29, 1.82) is 0 Å². The van der Waals surface area contributed by atoms with Crippen LogP contribution in [-0.4, -0.2) is 17.6 Å². The maximum atomic E-state index is 5.90. The first-order valence-electron chi connectivity index (χ1n) is 7.72. The van der Waals surface area contributed by atoms with Crippen molar-refractivity contribution in [3.05, 3.63) is 23.5 Å². The normalized spacial score (nSPS) is 24.3. The molecule has 1 aliphatic heterocycles. The zero-order valence-electron chi connectivity index (χ0n) is 11.9. The van der Waals surface area contributed by atoms with Gasteiger partial charge in [-0.15, -0.1) is 0 Å². The molecule has 104 valence electrons. The van der Waals surface area contributed by atoms with Crippen molar-refractivity contribution < 1.29 is 0 Å². The van der Waals surface area contributed by atoms with Crippen molar-refractivity contribution in [1.82, 2.24) is 4.98 Å². The molecule has 1 aromatic rings. The van der Waals surface area contributed by atoms with E-state index < -0.39 is 0 Å². The standard InChI is InChI=1S/C16H25N3/c1-12-9-16(14(10-17)11-18-12)19-8-4-7-15(19)13-5-2-3-6-13/h9,11,13,15H,2-8,10,17H2,1H3. The van der Waals surface area contributed by atoms with E-state index in [4.69, 9.17) is 5.73 Å². The van der Waals surface area contributed by atoms with Gasteiger partial charge in [0.05, 0.1) is 0 Å². The molecule has 0 spiro atoms. The molecular formula is C16H25N3. The SMILES string of the molecule is Cc1cc(N2CCCC2C2CCCC2)c(CN)cn1. The lowest BCUT2D eigenvalue weighted by atomic mass is 9.95. The summed E-state index contributed by atoms with van der Waals surface area (Å²) in [5.41, 5.74) is 9.56. The highest BCUT2D eigenvalue weighted by Gasteiger charge is 2.34. The van der Waals surface area contributed by atoms with Crippen LogP contribution in [0.1, 0.15) is 49.8 Å². The molecule has 2 fully saturated rings. The molecule has 0 aromatic carbocycles. The van der Waals surface area contributed by atoms with Gasteiger partial charge in [0.2, 0.25) is 0 Å². The van der Waals surface area contributed by atoms with Crippen LogP contribution in [0.15, 0.2) is 12.3 Å². The average Bonchev–Trinajstić information content (AvgIpc) is 3.09. The number of rotatable bonds is 3. The van der Waals surface area contributed by atoms with E-state index in [1.807, 2.05) is 6.20 Å². The van der Waals surface area contributed by atoms with Crippen molar-refractivity contribution in [3.63, 3.8) is 0 Å². The van der Waals surface area contributed by atoms with E-state index in [0.29, 0.717) is 6.54 Å². The predicted octanol–water partition coefficient (Wildman–Crippen LogP) is 3.01. The van der Waals surface area contributed by atoms with Crippen molar-refractivity contribution in [3.8, 4) is 0 Å². The van der Waals surface area contributed by atoms with Gasteiger partial charge in [0.1, 0.15) is 0 Å². The van der Waals surface area contributed by atoms with Crippen molar-refractivity contribution in [2.75, 3.05) is 11.4 Å². The number of aryl methyl sites for hydroxylation is 1. The summed E-state index contributed by atoms with van der Waals surface area (Å²) < 4.78 is 0. The molecule has 2 N–H and O–H groups in total. The number of hydrogen-bond donors (Lipinski definition) is 1. The lowest BCUT2D eigenvalue weighted by molar-refractivity contribution is 0.430. The highest BCUT2D eigenvalue weighted by atomic mass is 15.2. The third kappa shape index (κ3) is 2.48. The second-order valence-corrected chi connectivity index (χ2v) is 6.11. The van der Waals surface area contributed by atoms with Crippen LogP contribution in [-0.2, 0) is 6.54 Å². The van der Waals surface area contributed by atoms with Gasteiger partial charge in [0, 0.05) is 42.3 Å². The highest BCUT2D eigenvalue weighted by molar-refractivity contribution is 5.55. The van der Waals surface area contributed by atoms with Gasteiger partial charge in [0.25, 0.3) is 0 Å². The highest BCUT2D eigenvalue weighted by Crippen LogP contribution is 2.38. The molecule has 1 aliphatic carbocycles. The summed E-state index contributed by atoms with van der Waals surface area (Å²) in [6, 6.07) is 2.98. The topological polar surface area (TPSA) is 42.1 Å². The smallest absolute Gasteiger partial charge is 0.0448 e. The summed E-state index contributed by atoms with van der Waals surface area (Å²) in [5.74, 6) is 0.904. The summed E-state index contributed by atoms with van der Waals surface area (Å²) in [6.45, 7) is 3.86. The Hall–Kier alpha value is -1.09. The van der Waals surface area contributed by atoms with Gasteiger partial charge in [-0.3, -0.25) is 4.98 Å². The summed E-state index contributed by atoms with van der Waals surface area (Å²) in [4.78, 5) is 7.03. The minimum absolute atomic E-state index is 0.594. The van der Waals surface area contributed by atoms with Gasteiger partial charge in [-0.1, -0.05) is 12.8 Å². The lowest BCUT2D eigenvalue weighted by Gasteiger charge is -2.32. The monoisotopic (exact) mass is 259 g/mol. The second kappa shape index (κ2) is 5.49. The van der Waals surface area contributed by atoms with Gasteiger partial charge < -0.3 is 10.6 Å². The van der Waals surface area contributed by atoms with Crippen LogP contribution < -0.4 is 10.6 Å². The number of pyridine rings is 1. The van der Waals surface area contributed by atoms with Crippen LogP contribution in [0.5, 0.6) is 0 Å². The fourth-order valence-electron chi connectivity index (χ4n) is 3.92. The molecule has 0 amide bonds. The summed E-state index contributed by atoms with van der Waals surface area (Å²) in [7, 11) is 0. The molecule has 3 nitrogen and oxygen atoms in total. The molecule has 2 aliphatic rings. The van der Waals surface area contributed by atoms with E-state index in [2.05, 4.69) is 22.9 Å².